The van der Waals surface area contributed by atoms with E-state index >= 15 is 0 Å². The molecule has 0 radical (unpaired) electrons. The predicted molar refractivity (Wildman–Crippen MR) is 103 cm³/mol. The van der Waals surface area contributed by atoms with Gasteiger partial charge in [0.1, 0.15) is 0 Å². The molecular formula is C22H29NO3. The molecule has 0 aromatic heterocycles. The molecule has 0 saturated carbocycles. The van der Waals surface area contributed by atoms with E-state index in [1.807, 2.05) is 51.1 Å². The van der Waals surface area contributed by atoms with Crippen molar-refractivity contribution in [3.05, 3.63) is 59.3 Å². The van der Waals surface area contributed by atoms with Gasteiger partial charge in [-0.15, -0.1) is 0 Å². The molecule has 0 amide bonds. The number of benzene rings is 1. The first-order chi connectivity index (χ1) is 11.9. The Bertz CT molecular complexity index is 748. The molecule has 1 aromatic rings. The van der Waals surface area contributed by atoms with Gasteiger partial charge in [0, 0.05) is 23.7 Å². The lowest BCUT2D eigenvalue weighted by Crippen LogP contribution is -2.60. The van der Waals surface area contributed by atoms with Gasteiger partial charge in [0.25, 0.3) is 0 Å². The average molecular weight is 355 g/mol. The molecule has 140 valence electrons. The summed E-state index contributed by atoms with van der Waals surface area (Å²) >= 11 is 0. The van der Waals surface area contributed by atoms with Crippen LogP contribution in [0.25, 0.3) is 0 Å². The fourth-order valence-electron chi connectivity index (χ4n) is 3.25. The van der Waals surface area contributed by atoms with E-state index in [-0.39, 0.29) is 5.78 Å². The molecule has 2 rings (SSSR count). The highest BCUT2D eigenvalue weighted by molar-refractivity contribution is 5.96. The van der Waals surface area contributed by atoms with Gasteiger partial charge >= 0.3 is 0 Å². The van der Waals surface area contributed by atoms with Gasteiger partial charge in [-0.25, -0.2) is 0 Å². The molecule has 4 heteroatoms. The number of nitrogens with zero attached hydrogens (tertiary/aromatic N) is 1. The molecule has 0 aliphatic carbocycles. The Kier molecular flexibility index (Phi) is 5.29. The number of ketones is 1. The van der Waals surface area contributed by atoms with Crippen molar-refractivity contribution < 1.29 is 14.7 Å². The van der Waals surface area contributed by atoms with E-state index in [0.717, 1.165) is 11.8 Å². The molecule has 0 fully saturated rings. The Morgan fingerprint density at radius 2 is 1.69 bits per heavy atom. The summed E-state index contributed by atoms with van der Waals surface area (Å²) in [6, 6.07) is 9.61. The molecule has 4 nitrogen and oxygen atoms in total. The molecule has 26 heavy (non-hydrogen) atoms. The van der Waals surface area contributed by atoms with Gasteiger partial charge < -0.3 is 10.0 Å². The van der Waals surface area contributed by atoms with E-state index in [1.54, 1.807) is 37.9 Å². The minimum Gasteiger partial charge on any atom is -0.361 e. The van der Waals surface area contributed by atoms with Crippen molar-refractivity contribution in [1.29, 1.82) is 0 Å². The molecule has 1 N–H and O–H groups in total. The van der Waals surface area contributed by atoms with Gasteiger partial charge in [-0.3, -0.25) is 9.59 Å². The van der Waals surface area contributed by atoms with Crippen LogP contribution in [0.5, 0.6) is 0 Å². The van der Waals surface area contributed by atoms with Crippen molar-refractivity contribution in [1.82, 2.24) is 4.90 Å². The summed E-state index contributed by atoms with van der Waals surface area (Å²) in [7, 11) is 0. The number of aliphatic hydroxyl groups is 1. The Morgan fingerprint density at radius 1 is 1.12 bits per heavy atom. The van der Waals surface area contributed by atoms with Gasteiger partial charge in [0.15, 0.2) is 12.1 Å². The Balaban J connectivity index is 2.65. The van der Waals surface area contributed by atoms with Crippen LogP contribution < -0.4 is 0 Å². The van der Waals surface area contributed by atoms with E-state index < -0.39 is 16.6 Å². The first kappa shape index (κ1) is 20.1. The smallest absolute Gasteiger partial charge is 0.222 e. The van der Waals surface area contributed by atoms with Crippen molar-refractivity contribution in [2.24, 2.45) is 10.8 Å². The molecule has 0 saturated heterocycles. The van der Waals surface area contributed by atoms with Crippen LogP contribution in [0.2, 0.25) is 0 Å². The van der Waals surface area contributed by atoms with Gasteiger partial charge in [-0.05, 0) is 22.6 Å². The number of Topliss-reactive ketones (excluding diaryl/α,β-unsaturated/α-hetero) is 1. The van der Waals surface area contributed by atoms with E-state index in [0.29, 0.717) is 17.7 Å². The van der Waals surface area contributed by atoms with Gasteiger partial charge in [-0.1, -0.05) is 71.9 Å². The fraction of sp³-hybridized carbons (Fsp3) is 0.455. The fourth-order valence-corrected chi connectivity index (χ4v) is 3.25. The highest BCUT2D eigenvalue weighted by Crippen LogP contribution is 2.44. The van der Waals surface area contributed by atoms with Crippen molar-refractivity contribution >= 4 is 12.1 Å². The number of rotatable bonds is 4. The van der Waals surface area contributed by atoms with E-state index in [1.165, 1.54) is 0 Å². The van der Waals surface area contributed by atoms with Crippen LogP contribution in [0.1, 0.15) is 47.1 Å². The van der Waals surface area contributed by atoms with E-state index in [2.05, 4.69) is 0 Å². The third-order valence-corrected chi connectivity index (χ3v) is 4.54. The van der Waals surface area contributed by atoms with Crippen LogP contribution in [0, 0.1) is 10.8 Å². The Morgan fingerprint density at radius 3 is 2.15 bits per heavy atom. The Hall–Kier alpha value is -2.20. The molecule has 1 aliphatic rings. The average Bonchev–Trinajstić information content (AvgIpc) is 2.55. The van der Waals surface area contributed by atoms with Crippen LogP contribution in [0.15, 0.2) is 53.8 Å². The lowest BCUT2D eigenvalue weighted by molar-refractivity contribution is -0.160. The summed E-state index contributed by atoms with van der Waals surface area (Å²) in [5, 5.41) is 11.8. The Labute approximate surface area is 156 Å². The zero-order valence-corrected chi connectivity index (χ0v) is 16.5. The van der Waals surface area contributed by atoms with Crippen molar-refractivity contribution in [3.8, 4) is 0 Å². The second-order valence-electron chi connectivity index (χ2n) is 8.92. The van der Waals surface area contributed by atoms with Crippen molar-refractivity contribution in [2.45, 2.75) is 53.8 Å². The molecule has 1 heterocycles. The molecule has 0 spiro atoms. The SMILES string of the molecule is CC(C)(C)C(=O)C1(O)C(C(C)(C)C)=CC(C=O)=CN1Cc1ccccc1. The number of hydrogen-bond donors (Lipinski definition) is 1. The van der Waals surface area contributed by atoms with Crippen LogP contribution in [0.4, 0.5) is 0 Å². The molecule has 1 aromatic carbocycles. The zero-order chi connectivity index (χ0) is 19.8. The molecule has 1 aliphatic heterocycles. The molecule has 0 bridgehead atoms. The maximum Gasteiger partial charge on any atom is 0.222 e. The van der Waals surface area contributed by atoms with Crippen molar-refractivity contribution in [2.75, 3.05) is 0 Å². The zero-order valence-electron chi connectivity index (χ0n) is 16.5. The molecule has 1 unspecified atom stereocenters. The van der Waals surface area contributed by atoms with Gasteiger partial charge in [-0.2, -0.15) is 0 Å². The topological polar surface area (TPSA) is 57.6 Å². The highest BCUT2D eigenvalue weighted by Gasteiger charge is 2.53. The molecule has 1 atom stereocenters. The van der Waals surface area contributed by atoms with Gasteiger partial charge in [0.05, 0.1) is 0 Å². The van der Waals surface area contributed by atoms with Crippen LogP contribution >= 0.6 is 0 Å². The minimum absolute atomic E-state index is 0.289. The number of hydrogen-bond acceptors (Lipinski definition) is 4. The lowest BCUT2D eigenvalue weighted by atomic mass is 9.70. The third-order valence-electron chi connectivity index (χ3n) is 4.54. The van der Waals surface area contributed by atoms with Crippen LogP contribution in [0.3, 0.4) is 0 Å². The maximum atomic E-state index is 13.3. The summed E-state index contributed by atoms with van der Waals surface area (Å²) in [4.78, 5) is 26.4. The first-order valence-corrected chi connectivity index (χ1v) is 8.88. The predicted octanol–water partition coefficient (Wildman–Crippen LogP) is 3.86. The monoisotopic (exact) mass is 355 g/mol. The second-order valence-corrected chi connectivity index (χ2v) is 8.92. The second kappa shape index (κ2) is 6.84. The number of carbonyl (C=O) groups is 2. The van der Waals surface area contributed by atoms with Crippen LogP contribution in [-0.4, -0.2) is 27.8 Å². The highest BCUT2D eigenvalue weighted by atomic mass is 16.3. The largest absolute Gasteiger partial charge is 0.361 e. The molecular weight excluding hydrogens is 326 g/mol. The number of aldehydes is 1. The minimum atomic E-state index is -1.81. The quantitative estimate of drug-likeness (QED) is 0.833. The van der Waals surface area contributed by atoms with E-state index in [4.69, 9.17) is 0 Å². The summed E-state index contributed by atoms with van der Waals surface area (Å²) in [6.07, 6.45) is 3.99. The van der Waals surface area contributed by atoms with E-state index in [9.17, 15) is 14.7 Å². The first-order valence-electron chi connectivity index (χ1n) is 8.88. The number of carbonyl (C=O) groups excluding carboxylic acids is 2. The third kappa shape index (κ3) is 3.80. The summed E-state index contributed by atoms with van der Waals surface area (Å²) < 4.78 is 0. The standard InChI is InChI=1S/C22H29NO3/c1-20(2,3)18-12-17(15-24)14-23(13-16-10-8-7-9-11-16)22(18,26)19(25)21(4,5)6/h7-12,14-15,26H,13H2,1-6H3. The number of allylic oxidation sites excluding steroid dienone is 2. The maximum absolute atomic E-state index is 13.3. The normalized spacial score (nSPS) is 21.1. The van der Waals surface area contributed by atoms with Crippen molar-refractivity contribution in [3.63, 3.8) is 0 Å². The lowest BCUT2D eigenvalue weighted by Gasteiger charge is -2.48. The summed E-state index contributed by atoms with van der Waals surface area (Å²) in [5.74, 6) is -0.289. The summed E-state index contributed by atoms with van der Waals surface area (Å²) in [5.41, 5.74) is -1.13. The van der Waals surface area contributed by atoms with Gasteiger partial charge in [0.2, 0.25) is 5.72 Å². The summed E-state index contributed by atoms with van der Waals surface area (Å²) in [6.45, 7) is 11.5. The van der Waals surface area contributed by atoms with Crippen LogP contribution in [-0.2, 0) is 16.1 Å².